The third-order valence-electron chi connectivity index (χ3n) is 5.23. The fourth-order valence-electron chi connectivity index (χ4n) is 3.51. The van der Waals surface area contributed by atoms with Crippen LogP contribution in [0.15, 0.2) is 53.7 Å². The van der Waals surface area contributed by atoms with Crippen molar-refractivity contribution in [2.75, 3.05) is 41.3 Å². The topological polar surface area (TPSA) is 64.7 Å². The molecule has 3 rings (SSSR count). The average Bonchev–Trinajstić information content (AvgIpc) is 3.14. The molecule has 1 unspecified atom stereocenters. The highest BCUT2D eigenvalue weighted by atomic mass is 127. The number of methoxy groups -OCH3 is 1. The van der Waals surface area contributed by atoms with Gasteiger partial charge in [-0.15, -0.1) is 24.0 Å². The Labute approximate surface area is 200 Å². The van der Waals surface area contributed by atoms with Gasteiger partial charge in [-0.1, -0.05) is 12.1 Å². The van der Waals surface area contributed by atoms with Gasteiger partial charge in [-0.25, -0.2) is 4.39 Å². The summed E-state index contributed by atoms with van der Waals surface area (Å²) in [6.07, 6.45) is 2.70. The minimum absolute atomic E-state index is 0. The van der Waals surface area contributed by atoms with Crippen molar-refractivity contribution in [2.45, 2.75) is 12.5 Å². The Kier molecular flexibility index (Phi) is 9.57. The number of benzene rings is 2. The largest absolute Gasteiger partial charge is 0.497 e. The molecule has 0 saturated carbocycles. The molecular formula is C23H31FIN5O. The van der Waals surface area contributed by atoms with Crippen molar-refractivity contribution in [3.63, 3.8) is 0 Å². The summed E-state index contributed by atoms with van der Waals surface area (Å²) in [5.74, 6) is 1.36. The van der Waals surface area contributed by atoms with E-state index in [1.165, 1.54) is 11.6 Å². The molecule has 31 heavy (non-hydrogen) atoms. The molecule has 6 nitrogen and oxygen atoms in total. The van der Waals surface area contributed by atoms with Crippen LogP contribution >= 0.6 is 24.0 Å². The molecule has 1 atom stereocenters. The van der Waals surface area contributed by atoms with E-state index in [0.29, 0.717) is 13.1 Å². The lowest BCUT2D eigenvalue weighted by molar-refractivity contribution is 0.298. The second-order valence-electron chi connectivity index (χ2n) is 7.39. The fourth-order valence-corrected chi connectivity index (χ4v) is 3.51. The van der Waals surface area contributed by atoms with Gasteiger partial charge in [0.1, 0.15) is 11.6 Å². The number of halogens is 2. The quantitative estimate of drug-likeness (QED) is 0.231. The Morgan fingerprint density at radius 2 is 1.90 bits per heavy atom. The van der Waals surface area contributed by atoms with E-state index in [4.69, 9.17) is 4.74 Å². The minimum atomic E-state index is -0.220. The molecule has 3 N–H and O–H groups in total. The van der Waals surface area contributed by atoms with E-state index >= 15 is 0 Å². The zero-order chi connectivity index (χ0) is 21.5. The number of guanidine groups is 1. The van der Waals surface area contributed by atoms with Gasteiger partial charge in [0.2, 0.25) is 0 Å². The maximum atomic E-state index is 13.6. The molecule has 3 aromatic rings. The van der Waals surface area contributed by atoms with E-state index in [0.717, 1.165) is 34.6 Å². The number of aliphatic imine (C=N–C) groups is 1. The van der Waals surface area contributed by atoms with Crippen molar-refractivity contribution in [2.24, 2.45) is 4.99 Å². The summed E-state index contributed by atoms with van der Waals surface area (Å²) < 4.78 is 18.8. The van der Waals surface area contributed by atoms with Crippen LogP contribution in [0.4, 0.5) is 4.39 Å². The highest BCUT2D eigenvalue weighted by Gasteiger charge is 2.15. The lowest BCUT2D eigenvalue weighted by Crippen LogP contribution is -2.42. The maximum absolute atomic E-state index is 13.6. The first-order valence-corrected chi connectivity index (χ1v) is 10.0. The Balaban J connectivity index is 0.00000341. The van der Waals surface area contributed by atoms with Crippen molar-refractivity contribution < 1.29 is 9.13 Å². The van der Waals surface area contributed by atoms with Crippen molar-refractivity contribution in [3.8, 4) is 5.75 Å². The summed E-state index contributed by atoms with van der Waals surface area (Å²) >= 11 is 0. The predicted octanol–water partition coefficient (Wildman–Crippen LogP) is 3.94. The van der Waals surface area contributed by atoms with Gasteiger partial charge in [0.05, 0.1) is 13.2 Å². The predicted molar refractivity (Wildman–Crippen MR) is 136 cm³/mol. The molecule has 168 valence electrons. The minimum Gasteiger partial charge on any atom is -0.497 e. The number of likely N-dealkylation sites (N-methyl/N-ethyl adjacent to an activating group) is 1. The molecule has 0 aliphatic heterocycles. The van der Waals surface area contributed by atoms with E-state index in [1.807, 2.05) is 18.3 Å². The summed E-state index contributed by atoms with van der Waals surface area (Å²) in [7, 11) is 7.54. The smallest absolute Gasteiger partial charge is 0.191 e. The van der Waals surface area contributed by atoms with Crippen LogP contribution in [-0.4, -0.2) is 57.2 Å². The summed E-state index contributed by atoms with van der Waals surface area (Å²) in [5, 5.41) is 7.67. The van der Waals surface area contributed by atoms with E-state index in [1.54, 1.807) is 26.3 Å². The second-order valence-corrected chi connectivity index (χ2v) is 7.39. The number of hydrogen-bond acceptors (Lipinski definition) is 3. The molecule has 2 aromatic carbocycles. The molecule has 1 aromatic heterocycles. The third kappa shape index (κ3) is 6.57. The van der Waals surface area contributed by atoms with Crippen LogP contribution in [0.5, 0.6) is 5.75 Å². The van der Waals surface area contributed by atoms with Gasteiger partial charge in [-0.2, -0.15) is 0 Å². The van der Waals surface area contributed by atoms with E-state index < -0.39 is 0 Å². The Bertz CT molecular complexity index is 987. The first-order chi connectivity index (χ1) is 14.5. The van der Waals surface area contributed by atoms with Crippen molar-refractivity contribution in [3.05, 3.63) is 65.6 Å². The summed E-state index contributed by atoms with van der Waals surface area (Å²) in [6.45, 7) is 1.40. The first-order valence-electron chi connectivity index (χ1n) is 10.0. The molecule has 0 saturated heterocycles. The normalized spacial score (nSPS) is 12.5. The average molecular weight is 539 g/mol. The van der Waals surface area contributed by atoms with Gasteiger partial charge in [0, 0.05) is 37.2 Å². The molecule has 0 aliphatic carbocycles. The lowest BCUT2D eigenvalue weighted by Gasteiger charge is -2.26. The van der Waals surface area contributed by atoms with E-state index in [2.05, 4.69) is 51.7 Å². The number of H-pyrrole nitrogens is 1. The highest BCUT2D eigenvalue weighted by Crippen LogP contribution is 2.21. The molecule has 0 radical (unpaired) electrons. The van der Waals surface area contributed by atoms with Gasteiger partial charge < -0.3 is 25.3 Å². The number of ether oxygens (including phenoxy) is 1. The van der Waals surface area contributed by atoms with E-state index in [9.17, 15) is 4.39 Å². The van der Waals surface area contributed by atoms with Crippen LogP contribution < -0.4 is 15.4 Å². The van der Waals surface area contributed by atoms with Crippen molar-refractivity contribution >= 4 is 40.8 Å². The molecule has 0 amide bonds. The number of nitrogens with one attached hydrogen (secondary N) is 3. The van der Waals surface area contributed by atoms with Crippen molar-refractivity contribution in [1.82, 2.24) is 20.5 Å². The highest BCUT2D eigenvalue weighted by molar-refractivity contribution is 14.0. The SMILES string of the molecule is CN=C(NCCc1c[nH]c2ccc(F)cc12)NCC(c1ccc(OC)cc1)N(C)C.I. The number of rotatable bonds is 8. The first kappa shape index (κ1) is 24.9. The van der Waals surface area contributed by atoms with Crippen LogP contribution in [0.3, 0.4) is 0 Å². The molecule has 0 aliphatic rings. The zero-order valence-electron chi connectivity index (χ0n) is 18.4. The van der Waals surface area contributed by atoms with Gasteiger partial charge in [0.25, 0.3) is 0 Å². The van der Waals surface area contributed by atoms with Crippen LogP contribution in [0.2, 0.25) is 0 Å². The van der Waals surface area contributed by atoms with E-state index in [-0.39, 0.29) is 35.8 Å². The standard InChI is InChI=1S/C23H30FN5O.HI/c1-25-23(26-12-11-17-14-27-21-10-7-18(24)13-20(17)21)28-15-22(29(2)3)16-5-8-19(30-4)9-6-16;/h5-10,13-14,22,27H,11-12,15H2,1-4H3,(H2,25,26,28);1H. The van der Waals surface area contributed by atoms with Gasteiger partial charge in [-0.05, 0) is 62.0 Å². The van der Waals surface area contributed by atoms with Crippen LogP contribution in [0.1, 0.15) is 17.2 Å². The molecular weight excluding hydrogens is 508 g/mol. The fraction of sp³-hybridized carbons (Fsp3) is 0.348. The van der Waals surface area contributed by atoms with Gasteiger partial charge >= 0.3 is 0 Å². The van der Waals surface area contributed by atoms with Gasteiger partial charge in [-0.3, -0.25) is 4.99 Å². The summed E-state index contributed by atoms with van der Waals surface area (Å²) in [4.78, 5) is 9.68. The zero-order valence-corrected chi connectivity index (χ0v) is 20.7. The number of aromatic nitrogens is 1. The number of fused-ring (bicyclic) bond motifs is 1. The third-order valence-corrected chi connectivity index (χ3v) is 5.23. The number of hydrogen-bond donors (Lipinski definition) is 3. The monoisotopic (exact) mass is 539 g/mol. The Morgan fingerprint density at radius 1 is 1.16 bits per heavy atom. The molecule has 8 heteroatoms. The summed E-state index contributed by atoms with van der Waals surface area (Å²) in [6, 6.07) is 13.1. The Hall–Kier alpha value is -2.33. The van der Waals surface area contributed by atoms with Gasteiger partial charge in [0.15, 0.2) is 5.96 Å². The number of aromatic amines is 1. The molecule has 0 bridgehead atoms. The molecule has 0 spiro atoms. The summed E-state index contributed by atoms with van der Waals surface area (Å²) in [5.41, 5.74) is 3.23. The van der Waals surface area contributed by atoms with Crippen LogP contribution in [0.25, 0.3) is 10.9 Å². The van der Waals surface area contributed by atoms with Crippen LogP contribution in [-0.2, 0) is 6.42 Å². The maximum Gasteiger partial charge on any atom is 0.191 e. The molecule has 1 heterocycles. The molecule has 0 fully saturated rings. The van der Waals surface area contributed by atoms with Crippen molar-refractivity contribution in [1.29, 1.82) is 0 Å². The Morgan fingerprint density at radius 3 is 2.55 bits per heavy atom. The second kappa shape index (κ2) is 11.9. The lowest BCUT2D eigenvalue weighted by atomic mass is 10.1. The van der Waals surface area contributed by atoms with Crippen LogP contribution in [0, 0.1) is 5.82 Å². The number of nitrogens with zero attached hydrogens (tertiary/aromatic N) is 2.